The average molecular weight is 344 g/mol. The van der Waals surface area contributed by atoms with Crippen LogP contribution in [0.25, 0.3) is 0 Å². The second-order valence-electron chi connectivity index (χ2n) is 6.26. The molecule has 0 saturated carbocycles. The molecule has 0 atom stereocenters. The fourth-order valence-electron chi connectivity index (χ4n) is 3.13. The monoisotopic (exact) mass is 343 g/mol. The predicted molar refractivity (Wildman–Crippen MR) is 96.4 cm³/mol. The molecule has 3 rings (SSSR count). The molecule has 0 bridgehead atoms. The Bertz CT molecular complexity index is 666. The molecule has 0 aliphatic carbocycles. The number of rotatable bonds is 5. The summed E-state index contributed by atoms with van der Waals surface area (Å²) in [5.74, 6) is 1.34. The number of carbonyl (C=O) groups is 1. The molecular formula is C20H22ClNO2. The van der Waals surface area contributed by atoms with E-state index in [1.54, 1.807) is 12.1 Å². The lowest BCUT2D eigenvalue weighted by molar-refractivity contribution is -0.134. The van der Waals surface area contributed by atoms with Crippen LogP contribution in [0.5, 0.6) is 5.75 Å². The Kier molecular flexibility index (Phi) is 5.76. The summed E-state index contributed by atoms with van der Waals surface area (Å²) in [6, 6.07) is 17.7. The molecular weight excluding hydrogens is 322 g/mol. The van der Waals surface area contributed by atoms with Gasteiger partial charge in [-0.05, 0) is 48.9 Å². The highest BCUT2D eigenvalue weighted by molar-refractivity contribution is 6.30. The van der Waals surface area contributed by atoms with Crippen LogP contribution in [0.15, 0.2) is 54.6 Å². The fourth-order valence-corrected chi connectivity index (χ4v) is 3.31. The zero-order valence-corrected chi connectivity index (χ0v) is 14.4. The molecule has 0 N–H and O–H groups in total. The van der Waals surface area contributed by atoms with E-state index in [-0.39, 0.29) is 12.5 Å². The lowest BCUT2D eigenvalue weighted by Crippen LogP contribution is -2.41. The number of hydrogen-bond acceptors (Lipinski definition) is 2. The van der Waals surface area contributed by atoms with Crippen molar-refractivity contribution in [1.29, 1.82) is 0 Å². The molecule has 3 nitrogen and oxygen atoms in total. The Balaban J connectivity index is 1.43. The number of carbonyl (C=O) groups excluding carboxylic acids is 1. The highest BCUT2D eigenvalue weighted by Crippen LogP contribution is 2.22. The quantitative estimate of drug-likeness (QED) is 0.814. The van der Waals surface area contributed by atoms with Gasteiger partial charge in [-0.15, -0.1) is 0 Å². The first kappa shape index (κ1) is 16.8. The van der Waals surface area contributed by atoms with Crippen molar-refractivity contribution >= 4 is 17.5 Å². The van der Waals surface area contributed by atoms with Crippen LogP contribution in [0.1, 0.15) is 18.4 Å². The third-order valence-electron chi connectivity index (χ3n) is 4.49. The fraction of sp³-hybridized carbons (Fsp3) is 0.350. The summed E-state index contributed by atoms with van der Waals surface area (Å²) >= 11 is 5.92. The number of nitrogens with zero attached hydrogens (tertiary/aromatic N) is 1. The minimum Gasteiger partial charge on any atom is -0.484 e. The van der Waals surface area contributed by atoms with Crippen molar-refractivity contribution < 1.29 is 9.53 Å². The molecule has 0 aromatic heterocycles. The number of halogens is 1. The number of hydrogen-bond donors (Lipinski definition) is 0. The molecule has 0 unspecified atom stereocenters. The number of ether oxygens (including phenoxy) is 1. The number of likely N-dealkylation sites (tertiary alicyclic amines) is 1. The van der Waals surface area contributed by atoms with Gasteiger partial charge in [0.15, 0.2) is 6.61 Å². The Morgan fingerprint density at radius 3 is 2.54 bits per heavy atom. The third-order valence-corrected chi connectivity index (χ3v) is 4.73. The van der Waals surface area contributed by atoms with Gasteiger partial charge in [0.1, 0.15) is 5.75 Å². The van der Waals surface area contributed by atoms with Gasteiger partial charge in [0, 0.05) is 18.1 Å². The highest BCUT2D eigenvalue weighted by atomic mass is 35.5. The van der Waals surface area contributed by atoms with E-state index in [0.29, 0.717) is 16.7 Å². The van der Waals surface area contributed by atoms with Crippen LogP contribution in [-0.2, 0) is 11.2 Å². The molecule has 0 spiro atoms. The van der Waals surface area contributed by atoms with Gasteiger partial charge in [0.2, 0.25) is 0 Å². The van der Waals surface area contributed by atoms with E-state index in [1.165, 1.54) is 5.56 Å². The van der Waals surface area contributed by atoms with Gasteiger partial charge in [0.25, 0.3) is 5.91 Å². The lowest BCUT2D eigenvalue weighted by atomic mass is 9.90. The van der Waals surface area contributed by atoms with Gasteiger partial charge in [-0.25, -0.2) is 0 Å². The Hall–Kier alpha value is -2.00. The maximum absolute atomic E-state index is 12.3. The zero-order valence-electron chi connectivity index (χ0n) is 13.7. The average Bonchev–Trinajstić information content (AvgIpc) is 2.61. The first-order chi connectivity index (χ1) is 11.7. The van der Waals surface area contributed by atoms with Gasteiger partial charge in [-0.2, -0.15) is 0 Å². The van der Waals surface area contributed by atoms with Crippen LogP contribution in [0.4, 0.5) is 0 Å². The molecule has 1 amide bonds. The molecule has 1 aliphatic rings. The van der Waals surface area contributed by atoms with E-state index < -0.39 is 0 Å². The first-order valence-electron chi connectivity index (χ1n) is 8.41. The predicted octanol–water partition coefficient (Wildman–Crippen LogP) is 4.20. The molecule has 126 valence electrons. The molecule has 1 saturated heterocycles. The van der Waals surface area contributed by atoms with Gasteiger partial charge < -0.3 is 9.64 Å². The van der Waals surface area contributed by atoms with Crippen LogP contribution < -0.4 is 4.74 Å². The standard InChI is InChI=1S/C20H22ClNO2/c21-18-7-4-8-19(14-18)24-15-20(23)22-11-9-17(10-12-22)13-16-5-2-1-3-6-16/h1-8,14,17H,9-13,15H2. The van der Waals surface area contributed by atoms with E-state index in [0.717, 1.165) is 32.4 Å². The highest BCUT2D eigenvalue weighted by Gasteiger charge is 2.23. The van der Waals surface area contributed by atoms with Gasteiger partial charge in [0.05, 0.1) is 0 Å². The minimum atomic E-state index is 0.0492. The van der Waals surface area contributed by atoms with Crippen molar-refractivity contribution in [3.63, 3.8) is 0 Å². The largest absolute Gasteiger partial charge is 0.484 e. The summed E-state index contributed by atoms with van der Waals surface area (Å²) < 4.78 is 5.55. The Labute approximate surface area is 148 Å². The van der Waals surface area contributed by atoms with Crippen molar-refractivity contribution in [2.45, 2.75) is 19.3 Å². The van der Waals surface area contributed by atoms with Crippen molar-refractivity contribution in [3.05, 3.63) is 65.2 Å². The molecule has 24 heavy (non-hydrogen) atoms. The summed E-state index contributed by atoms with van der Waals surface area (Å²) in [5.41, 5.74) is 1.38. The number of piperidine rings is 1. The van der Waals surface area contributed by atoms with Crippen molar-refractivity contribution in [2.24, 2.45) is 5.92 Å². The topological polar surface area (TPSA) is 29.5 Å². The minimum absolute atomic E-state index is 0.0492. The second kappa shape index (κ2) is 8.20. The van der Waals surface area contributed by atoms with Crippen molar-refractivity contribution in [1.82, 2.24) is 4.90 Å². The molecule has 1 heterocycles. The van der Waals surface area contributed by atoms with Crippen molar-refractivity contribution in [3.8, 4) is 5.75 Å². The van der Waals surface area contributed by atoms with Gasteiger partial charge >= 0.3 is 0 Å². The normalized spacial score (nSPS) is 15.3. The van der Waals surface area contributed by atoms with E-state index in [2.05, 4.69) is 24.3 Å². The van der Waals surface area contributed by atoms with Gasteiger partial charge in [-0.3, -0.25) is 4.79 Å². The molecule has 2 aromatic carbocycles. The van der Waals surface area contributed by atoms with E-state index in [4.69, 9.17) is 16.3 Å². The second-order valence-corrected chi connectivity index (χ2v) is 6.70. The summed E-state index contributed by atoms with van der Waals surface area (Å²) in [6.45, 7) is 1.70. The molecule has 1 fully saturated rings. The van der Waals surface area contributed by atoms with Crippen LogP contribution in [-0.4, -0.2) is 30.5 Å². The number of amides is 1. The third kappa shape index (κ3) is 4.75. The number of benzene rings is 2. The van der Waals surface area contributed by atoms with E-state index in [9.17, 15) is 4.79 Å². The SMILES string of the molecule is O=C(COc1cccc(Cl)c1)N1CCC(Cc2ccccc2)CC1. The van der Waals surface area contributed by atoms with E-state index >= 15 is 0 Å². The maximum atomic E-state index is 12.3. The van der Waals surface area contributed by atoms with Crippen LogP contribution in [0, 0.1) is 5.92 Å². The first-order valence-corrected chi connectivity index (χ1v) is 8.78. The van der Waals surface area contributed by atoms with E-state index in [1.807, 2.05) is 23.1 Å². The summed E-state index contributed by atoms with van der Waals surface area (Å²) in [7, 11) is 0. The van der Waals surface area contributed by atoms with Crippen LogP contribution in [0.3, 0.4) is 0 Å². The lowest BCUT2D eigenvalue weighted by Gasteiger charge is -2.32. The molecule has 0 radical (unpaired) electrons. The Morgan fingerprint density at radius 1 is 1.08 bits per heavy atom. The summed E-state index contributed by atoms with van der Waals surface area (Å²) in [4.78, 5) is 14.2. The molecule has 2 aromatic rings. The zero-order chi connectivity index (χ0) is 16.8. The molecule has 4 heteroatoms. The smallest absolute Gasteiger partial charge is 0.260 e. The molecule has 1 aliphatic heterocycles. The van der Waals surface area contributed by atoms with Gasteiger partial charge in [-0.1, -0.05) is 48.0 Å². The maximum Gasteiger partial charge on any atom is 0.260 e. The van der Waals surface area contributed by atoms with Crippen LogP contribution in [0.2, 0.25) is 5.02 Å². The van der Waals surface area contributed by atoms with Crippen molar-refractivity contribution in [2.75, 3.05) is 19.7 Å². The summed E-state index contributed by atoms with van der Waals surface area (Å²) in [6.07, 6.45) is 3.21. The van der Waals surface area contributed by atoms with Crippen LogP contribution >= 0.6 is 11.6 Å². The Morgan fingerprint density at radius 2 is 1.83 bits per heavy atom. The summed E-state index contributed by atoms with van der Waals surface area (Å²) in [5, 5.41) is 0.613.